The summed E-state index contributed by atoms with van der Waals surface area (Å²) in [6, 6.07) is 0. The van der Waals surface area contributed by atoms with Gasteiger partial charge in [0.2, 0.25) is 0 Å². The molecule has 0 amide bonds. The number of rotatable bonds is 6. The number of ether oxygens (including phenoxy) is 3. The van der Waals surface area contributed by atoms with Gasteiger partial charge in [-0.1, -0.05) is 12.2 Å². The average Bonchev–Trinajstić information content (AvgIpc) is 2.59. The van der Waals surface area contributed by atoms with Gasteiger partial charge in [-0.2, -0.15) is 0 Å². The molecule has 1 heterocycles. The highest BCUT2D eigenvalue weighted by Crippen LogP contribution is 2.13. The van der Waals surface area contributed by atoms with Crippen molar-refractivity contribution in [2.24, 2.45) is 0 Å². The molecule has 0 bridgehead atoms. The van der Waals surface area contributed by atoms with E-state index in [1.54, 1.807) is 12.2 Å². The first kappa shape index (κ1) is 10.2. The van der Waals surface area contributed by atoms with Crippen LogP contribution in [0.25, 0.3) is 0 Å². The largest absolute Gasteiger partial charge is 0.345 e. The molecular weight excluding hydrogens is 168 g/mol. The van der Waals surface area contributed by atoms with E-state index >= 15 is 0 Å². The molecule has 3 nitrogen and oxygen atoms in total. The van der Waals surface area contributed by atoms with Crippen LogP contribution in [-0.4, -0.2) is 25.8 Å². The Hall–Kier alpha value is -0.900. The van der Waals surface area contributed by atoms with E-state index in [4.69, 9.17) is 14.2 Å². The molecule has 72 valence electrons. The highest BCUT2D eigenvalue weighted by molar-refractivity contribution is 4.95. The zero-order chi connectivity index (χ0) is 9.52. The fourth-order valence-electron chi connectivity index (χ4n) is 0.920. The van der Waals surface area contributed by atoms with E-state index in [2.05, 4.69) is 13.2 Å². The molecule has 1 aliphatic rings. The van der Waals surface area contributed by atoms with Gasteiger partial charge in [0, 0.05) is 0 Å². The van der Waals surface area contributed by atoms with Crippen molar-refractivity contribution in [3.8, 4) is 0 Å². The lowest BCUT2D eigenvalue weighted by Gasteiger charge is -2.13. The predicted octanol–water partition coefficient (Wildman–Crippen LogP) is 1.63. The monoisotopic (exact) mass is 182 g/mol. The first-order valence-corrected chi connectivity index (χ1v) is 4.15. The van der Waals surface area contributed by atoms with Gasteiger partial charge in [-0.05, 0) is 12.2 Å². The van der Waals surface area contributed by atoms with E-state index in [-0.39, 0.29) is 12.6 Å². The second-order valence-electron chi connectivity index (χ2n) is 2.50. The van der Waals surface area contributed by atoms with Crippen LogP contribution in [0.15, 0.2) is 37.5 Å². The molecule has 3 heteroatoms. The maximum absolute atomic E-state index is 5.31. The summed E-state index contributed by atoms with van der Waals surface area (Å²) >= 11 is 0. The quantitative estimate of drug-likeness (QED) is 0.584. The molecule has 0 aromatic carbocycles. The molecule has 0 aromatic rings. The highest BCUT2D eigenvalue weighted by atomic mass is 16.8. The third-order valence-electron chi connectivity index (χ3n) is 1.45. The minimum absolute atomic E-state index is 0.312. The highest BCUT2D eigenvalue weighted by Gasteiger charge is 2.18. The fraction of sp³-hybridized carbons (Fsp3) is 0.400. The van der Waals surface area contributed by atoms with Gasteiger partial charge < -0.3 is 14.2 Å². The molecule has 1 rings (SSSR count). The standard InChI is InChI=1S/C10H14O3/c1-3-7-11-9-5-6-10(13-9)12-8-4-2/h3-6,9-10H,1-2,7-8H2/t9-,10+. The third kappa shape index (κ3) is 3.55. The smallest absolute Gasteiger partial charge is 0.180 e. The Labute approximate surface area is 78.3 Å². The molecule has 0 aromatic heterocycles. The summed E-state index contributed by atoms with van der Waals surface area (Å²) in [4.78, 5) is 0. The topological polar surface area (TPSA) is 27.7 Å². The van der Waals surface area contributed by atoms with Gasteiger partial charge in [-0.25, -0.2) is 0 Å². The Morgan fingerprint density at radius 1 is 1.08 bits per heavy atom. The van der Waals surface area contributed by atoms with Crippen LogP contribution in [0.3, 0.4) is 0 Å². The van der Waals surface area contributed by atoms with Crippen LogP contribution in [0.5, 0.6) is 0 Å². The third-order valence-corrected chi connectivity index (χ3v) is 1.45. The maximum atomic E-state index is 5.31. The number of hydrogen-bond donors (Lipinski definition) is 0. The fourth-order valence-corrected chi connectivity index (χ4v) is 0.920. The van der Waals surface area contributed by atoms with Crippen molar-refractivity contribution in [2.45, 2.75) is 12.6 Å². The first-order valence-electron chi connectivity index (χ1n) is 4.15. The molecule has 0 saturated carbocycles. The average molecular weight is 182 g/mol. The molecule has 0 unspecified atom stereocenters. The van der Waals surface area contributed by atoms with E-state index in [1.807, 2.05) is 12.2 Å². The minimum atomic E-state index is -0.312. The summed E-state index contributed by atoms with van der Waals surface area (Å²) < 4.78 is 15.8. The summed E-state index contributed by atoms with van der Waals surface area (Å²) in [6.45, 7) is 8.03. The van der Waals surface area contributed by atoms with Crippen molar-refractivity contribution in [3.05, 3.63) is 37.5 Å². The Bertz CT molecular complexity index is 178. The Morgan fingerprint density at radius 2 is 1.54 bits per heavy atom. The molecule has 0 radical (unpaired) electrons. The van der Waals surface area contributed by atoms with E-state index in [1.165, 1.54) is 0 Å². The van der Waals surface area contributed by atoms with Crippen LogP contribution in [0.1, 0.15) is 0 Å². The first-order chi connectivity index (χ1) is 6.36. The molecule has 0 spiro atoms. The Kier molecular flexibility index (Phi) is 4.46. The van der Waals surface area contributed by atoms with Gasteiger partial charge in [0.1, 0.15) is 0 Å². The van der Waals surface area contributed by atoms with Gasteiger partial charge >= 0.3 is 0 Å². The van der Waals surface area contributed by atoms with Crippen molar-refractivity contribution in [1.82, 2.24) is 0 Å². The van der Waals surface area contributed by atoms with Crippen molar-refractivity contribution in [1.29, 1.82) is 0 Å². The van der Waals surface area contributed by atoms with E-state index in [0.29, 0.717) is 13.2 Å². The molecule has 0 saturated heterocycles. The zero-order valence-electron chi connectivity index (χ0n) is 7.52. The molecule has 1 aliphatic heterocycles. The Morgan fingerprint density at radius 3 is 1.92 bits per heavy atom. The van der Waals surface area contributed by atoms with Crippen LogP contribution in [0.2, 0.25) is 0 Å². The van der Waals surface area contributed by atoms with Crippen LogP contribution in [0.4, 0.5) is 0 Å². The van der Waals surface area contributed by atoms with Crippen LogP contribution in [0, 0.1) is 0 Å². The maximum Gasteiger partial charge on any atom is 0.180 e. The van der Waals surface area contributed by atoms with E-state index in [0.717, 1.165) is 0 Å². The summed E-state index contributed by atoms with van der Waals surface area (Å²) in [7, 11) is 0. The van der Waals surface area contributed by atoms with Crippen molar-refractivity contribution in [3.63, 3.8) is 0 Å². The van der Waals surface area contributed by atoms with E-state index in [9.17, 15) is 0 Å². The second-order valence-corrected chi connectivity index (χ2v) is 2.50. The van der Waals surface area contributed by atoms with Crippen molar-refractivity contribution >= 4 is 0 Å². The van der Waals surface area contributed by atoms with Gasteiger partial charge in [0.25, 0.3) is 0 Å². The lowest BCUT2D eigenvalue weighted by molar-refractivity contribution is -0.185. The molecule has 13 heavy (non-hydrogen) atoms. The van der Waals surface area contributed by atoms with Crippen LogP contribution in [-0.2, 0) is 14.2 Å². The molecule has 0 N–H and O–H groups in total. The number of hydrogen-bond acceptors (Lipinski definition) is 3. The molecular formula is C10H14O3. The van der Waals surface area contributed by atoms with E-state index < -0.39 is 0 Å². The summed E-state index contributed by atoms with van der Waals surface area (Å²) in [5.74, 6) is 0. The predicted molar refractivity (Wildman–Crippen MR) is 50.1 cm³/mol. The van der Waals surface area contributed by atoms with Crippen molar-refractivity contribution < 1.29 is 14.2 Å². The second kappa shape index (κ2) is 5.70. The normalized spacial score (nSPS) is 26.2. The molecule has 0 fully saturated rings. The van der Waals surface area contributed by atoms with Gasteiger partial charge in [0.05, 0.1) is 13.2 Å². The van der Waals surface area contributed by atoms with Gasteiger partial charge in [-0.15, -0.1) is 13.2 Å². The minimum Gasteiger partial charge on any atom is -0.345 e. The lowest BCUT2D eigenvalue weighted by atomic mass is 10.5. The van der Waals surface area contributed by atoms with Crippen molar-refractivity contribution in [2.75, 3.05) is 13.2 Å². The molecule has 2 atom stereocenters. The Balaban J connectivity index is 2.17. The van der Waals surface area contributed by atoms with Crippen LogP contribution >= 0.6 is 0 Å². The summed E-state index contributed by atoms with van der Waals surface area (Å²) in [5.41, 5.74) is 0. The van der Waals surface area contributed by atoms with Crippen LogP contribution < -0.4 is 0 Å². The molecule has 0 aliphatic carbocycles. The van der Waals surface area contributed by atoms with Gasteiger partial charge in [0.15, 0.2) is 12.6 Å². The SMILES string of the molecule is C=CCO[C@H]1C=C[C@@H](OCC=C)O1. The summed E-state index contributed by atoms with van der Waals surface area (Å²) in [5, 5.41) is 0. The lowest BCUT2D eigenvalue weighted by Crippen LogP contribution is -2.18. The zero-order valence-corrected chi connectivity index (χ0v) is 7.52. The van der Waals surface area contributed by atoms with Gasteiger partial charge in [-0.3, -0.25) is 0 Å². The summed E-state index contributed by atoms with van der Waals surface area (Å²) in [6.07, 6.45) is 6.36.